The van der Waals surface area contributed by atoms with Gasteiger partial charge in [-0.15, -0.1) is 0 Å². The Morgan fingerprint density at radius 2 is 2.14 bits per heavy atom. The molecule has 2 rings (SSSR count). The Hall–Kier alpha value is -1.26. The van der Waals surface area contributed by atoms with Crippen LogP contribution in [0, 0.1) is 0 Å². The SMILES string of the molecule is C[C@@H](O)c1ccc(OCC(=O)NC2CCCCC2)c(Cl)c1. The van der Waals surface area contributed by atoms with E-state index >= 15 is 0 Å². The topological polar surface area (TPSA) is 58.6 Å². The van der Waals surface area contributed by atoms with E-state index in [1.165, 1.54) is 19.3 Å². The van der Waals surface area contributed by atoms with Gasteiger partial charge in [0, 0.05) is 6.04 Å². The highest BCUT2D eigenvalue weighted by Crippen LogP contribution is 2.27. The van der Waals surface area contributed by atoms with Gasteiger partial charge < -0.3 is 15.2 Å². The molecular weight excluding hydrogens is 290 g/mol. The van der Waals surface area contributed by atoms with Crippen molar-refractivity contribution >= 4 is 17.5 Å². The molecule has 116 valence electrons. The Bertz CT molecular complexity index is 484. The lowest BCUT2D eigenvalue weighted by Gasteiger charge is -2.22. The standard InChI is InChI=1S/C16H22ClNO3/c1-11(19)12-7-8-15(14(17)9-12)21-10-16(20)18-13-5-3-2-4-6-13/h7-9,11,13,19H,2-6,10H2,1H3,(H,18,20)/t11-/m1/s1. The summed E-state index contributed by atoms with van der Waals surface area (Å²) in [6, 6.07) is 5.35. The normalized spacial score (nSPS) is 17.3. The van der Waals surface area contributed by atoms with E-state index in [4.69, 9.17) is 16.3 Å². The van der Waals surface area contributed by atoms with E-state index in [2.05, 4.69) is 5.32 Å². The van der Waals surface area contributed by atoms with Crippen LogP contribution in [0.5, 0.6) is 5.75 Å². The fraction of sp³-hybridized carbons (Fsp3) is 0.562. The van der Waals surface area contributed by atoms with Crippen LogP contribution in [0.4, 0.5) is 0 Å². The van der Waals surface area contributed by atoms with Gasteiger partial charge in [-0.05, 0) is 37.5 Å². The summed E-state index contributed by atoms with van der Waals surface area (Å²) in [6.07, 6.45) is 5.14. The molecule has 5 heteroatoms. The number of amides is 1. The van der Waals surface area contributed by atoms with Gasteiger partial charge in [0.05, 0.1) is 11.1 Å². The van der Waals surface area contributed by atoms with Gasteiger partial charge in [0.2, 0.25) is 0 Å². The third-order valence-corrected chi connectivity index (χ3v) is 4.06. The molecule has 0 saturated heterocycles. The van der Waals surface area contributed by atoms with Crippen LogP contribution in [0.15, 0.2) is 18.2 Å². The molecule has 0 radical (unpaired) electrons. The minimum Gasteiger partial charge on any atom is -0.482 e. The van der Waals surface area contributed by atoms with E-state index in [1.807, 2.05) is 0 Å². The monoisotopic (exact) mass is 311 g/mol. The van der Waals surface area contributed by atoms with Crippen molar-refractivity contribution in [1.82, 2.24) is 5.32 Å². The van der Waals surface area contributed by atoms with E-state index < -0.39 is 6.10 Å². The first-order chi connectivity index (χ1) is 10.1. The maximum Gasteiger partial charge on any atom is 0.258 e. The summed E-state index contributed by atoms with van der Waals surface area (Å²) in [6.45, 7) is 1.63. The van der Waals surface area contributed by atoms with Crippen LogP contribution in [0.1, 0.15) is 50.7 Å². The van der Waals surface area contributed by atoms with Gasteiger partial charge in [-0.1, -0.05) is 36.9 Å². The molecule has 0 spiro atoms. The second-order valence-electron chi connectivity index (χ2n) is 5.56. The number of aliphatic hydroxyl groups excluding tert-OH is 1. The summed E-state index contributed by atoms with van der Waals surface area (Å²) in [5, 5.41) is 12.9. The fourth-order valence-electron chi connectivity index (χ4n) is 2.55. The van der Waals surface area contributed by atoms with E-state index in [0.29, 0.717) is 10.8 Å². The number of halogens is 1. The van der Waals surface area contributed by atoms with Gasteiger partial charge in [-0.25, -0.2) is 0 Å². The number of ether oxygens (including phenoxy) is 1. The molecule has 1 aliphatic rings. The molecule has 1 aromatic carbocycles. The average Bonchev–Trinajstić information content (AvgIpc) is 2.47. The maximum atomic E-state index is 11.9. The number of rotatable bonds is 5. The van der Waals surface area contributed by atoms with Crippen molar-refractivity contribution in [2.45, 2.75) is 51.2 Å². The van der Waals surface area contributed by atoms with Crippen molar-refractivity contribution in [3.8, 4) is 5.75 Å². The zero-order valence-electron chi connectivity index (χ0n) is 12.3. The summed E-state index contributed by atoms with van der Waals surface area (Å²) in [4.78, 5) is 11.9. The quantitative estimate of drug-likeness (QED) is 0.878. The molecule has 0 bridgehead atoms. The Labute approximate surface area is 130 Å². The second kappa shape index (κ2) is 7.66. The van der Waals surface area contributed by atoms with Crippen LogP contribution < -0.4 is 10.1 Å². The Kier molecular flexibility index (Phi) is 5.88. The molecule has 1 aliphatic carbocycles. The number of carbonyl (C=O) groups is 1. The third-order valence-electron chi connectivity index (χ3n) is 3.77. The van der Waals surface area contributed by atoms with Gasteiger partial charge in [0.15, 0.2) is 6.61 Å². The zero-order valence-corrected chi connectivity index (χ0v) is 13.0. The summed E-state index contributed by atoms with van der Waals surface area (Å²) < 4.78 is 5.45. The number of benzene rings is 1. The van der Waals surface area contributed by atoms with E-state index in [0.717, 1.165) is 18.4 Å². The molecule has 4 nitrogen and oxygen atoms in total. The largest absolute Gasteiger partial charge is 0.482 e. The molecule has 1 amide bonds. The predicted octanol–water partition coefficient (Wildman–Crippen LogP) is 3.22. The van der Waals surface area contributed by atoms with Crippen molar-refractivity contribution in [2.24, 2.45) is 0 Å². The predicted molar refractivity (Wildman–Crippen MR) is 82.6 cm³/mol. The molecule has 0 heterocycles. The van der Waals surface area contributed by atoms with E-state index in [9.17, 15) is 9.90 Å². The first kappa shape index (κ1) is 16.1. The summed E-state index contributed by atoms with van der Waals surface area (Å²) in [5.74, 6) is 0.345. The van der Waals surface area contributed by atoms with Crippen molar-refractivity contribution in [3.05, 3.63) is 28.8 Å². The average molecular weight is 312 g/mol. The number of aliphatic hydroxyl groups is 1. The van der Waals surface area contributed by atoms with Crippen LogP contribution in [0.3, 0.4) is 0 Å². The molecule has 1 fully saturated rings. The van der Waals surface area contributed by atoms with Gasteiger partial charge >= 0.3 is 0 Å². The Morgan fingerprint density at radius 3 is 2.76 bits per heavy atom. The molecule has 0 aromatic heterocycles. The van der Waals surface area contributed by atoms with Gasteiger partial charge in [0.1, 0.15) is 5.75 Å². The molecule has 0 aliphatic heterocycles. The molecule has 1 saturated carbocycles. The lowest BCUT2D eigenvalue weighted by molar-refractivity contribution is -0.124. The highest BCUT2D eigenvalue weighted by atomic mass is 35.5. The first-order valence-corrected chi connectivity index (χ1v) is 7.83. The molecule has 0 unspecified atom stereocenters. The molecular formula is C16H22ClNO3. The van der Waals surface area contributed by atoms with Gasteiger partial charge in [-0.2, -0.15) is 0 Å². The lowest BCUT2D eigenvalue weighted by Crippen LogP contribution is -2.38. The summed E-state index contributed by atoms with van der Waals surface area (Å²) >= 11 is 6.08. The third kappa shape index (κ3) is 4.90. The van der Waals surface area contributed by atoms with Crippen LogP contribution in [-0.2, 0) is 4.79 Å². The van der Waals surface area contributed by atoms with E-state index in [1.54, 1.807) is 25.1 Å². The first-order valence-electron chi connectivity index (χ1n) is 7.46. The number of hydrogen-bond acceptors (Lipinski definition) is 3. The highest BCUT2D eigenvalue weighted by molar-refractivity contribution is 6.32. The highest BCUT2D eigenvalue weighted by Gasteiger charge is 2.16. The smallest absolute Gasteiger partial charge is 0.258 e. The molecule has 1 aromatic rings. The molecule has 2 N–H and O–H groups in total. The second-order valence-corrected chi connectivity index (χ2v) is 5.96. The van der Waals surface area contributed by atoms with Crippen LogP contribution >= 0.6 is 11.6 Å². The summed E-state index contributed by atoms with van der Waals surface area (Å²) in [5.41, 5.74) is 0.721. The van der Waals surface area contributed by atoms with Crippen LogP contribution in [-0.4, -0.2) is 23.7 Å². The summed E-state index contributed by atoms with van der Waals surface area (Å²) in [7, 11) is 0. The van der Waals surface area contributed by atoms with Crippen molar-refractivity contribution in [1.29, 1.82) is 0 Å². The minimum absolute atomic E-state index is 0.0375. The van der Waals surface area contributed by atoms with Gasteiger partial charge in [0.25, 0.3) is 5.91 Å². The van der Waals surface area contributed by atoms with Crippen molar-refractivity contribution in [2.75, 3.05) is 6.61 Å². The minimum atomic E-state index is -0.578. The van der Waals surface area contributed by atoms with E-state index in [-0.39, 0.29) is 18.6 Å². The number of carbonyl (C=O) groups excluding carboxylic acids is 1. The van der Waals surface area contributed by atoms with Crippen molar-refractivity contribution in [3.63, 3.8) is 0 Å². The van der Waals surface area contributed by atoms with Gasteiger partial charge in [-0.3, -0.25) is 4.79 Å². The van der Waals surface area contributed by atoms with Crippen molar-refractivity contribution < 1.29 is 14.6 Å². The molecule has 1 atom stereocenters. The van der Waals surface area contributed by atoms with Crippen LogP contribution in [0.25, 0.3) is 0 Å². The Morgan fingerprint density at radius 1 is 1.43 bits per heavy atom. The lowest BCUT2D eigenvalue weighted by atomic mass is 9.95. The zero-order chi connectivity index (χ0) is 15.2. The van der Waals surface area contributed by atoms with Crippen LogP contribution in [0.2, 0.25) is 5.02 Å². The number of hydrogen-bond donors (Lipinski definition) is 2. The number of nitrogens with one attached hydrogen (secondary N) is 1. The fourth-order valence-corrected chi connectivity index (χ4v) is 2.80. The maximum absolute atomic E-state index is 11.9. The Balaban J connectivity index is 1.83. The molecule has 21 heavy (non-hydrogen) atoms.